The largest absolute Gasteiger partial charge is 0.272 e. The number of hydrogen-bond donors (Lipinski definition) is 0. The Bertz CT molecular complexity index is 274. The van der Waals surface area contributed by atoms with E-state index in [9.17, 15) is 0 Å². The molecule has 3 heteroatoms. The van der Waals surface area contributed by atoms with Crippen LogP contribution in [-0.4, -0.2) is 15.1 Å². The maximum absolute atomic E-state index is 4.33. The lowest BCUT2D eigenvalue weighted by atomic mass is 9.82. The summed E-state index contributed by atoms with van der Waals surface area (Å²) in [7, 11) is 0. The highest BCUT2D eigenvalue weighted by Gasteiger charge is 2.30. The fourth-order valence-electron chi connectivity index (χ4n) is 2.55. The smallest absolute Gasteiger partial charge is 0.0489 e. The summed E-state index contributed by atoms with van der Waals surface area (Å²) >= 11 is 3.71. The molecule has 0 aliphatic heterocycles. The monoisotopic (exact) mass is 270 g/mol. The Kier molecular flexibility index (Phi) is 3.84. The molecule has 0 unspecified atom stereocenters. The summed E-state index contributed by atoms with van der Waals surface area (Å²) in [5.41, 5.74) is 0.447. The van der Waals surface area contributed by atoms with E-state index in [0.29, 0.717) is 5.41 Å². The summed E-state index contributed by atoms with van der Waals surface area (Å²) in [4.78, 5) is 0. The molecule has 0 bridgehead atoms. The SMILES string of the molecule is BrCC1(Cn2cccn2)CCCCCC1. The van der Waals surface area contributed by atoms with Gasteiger partial charge in [-0.25, -0.2) is 0 Å². The first-order chi connectivity index (χ1) is 7.35. The van der Waals surface area contributed by atoms with Gasteiger partial charge in [-0.15, -0.1) is 0 Å². The van der Waals surface area contributed by atoms with Gasteiger partial charge in [0, 0.05) is 24.3 Å². The van der Waals surface area contributed by atoms with Crippen molar-refractivity contribution >= 4 is 15.9 Å². The van der Waals surface area contributed by atoms with Crippen molar-refractivity contribution in [1.29, 1.82) is 0 Å². The summed E-state index contributed by atoms with van der Waals surface area (Å²) < 4.78 is 2.09. The highest BCUT2D eigenvalue weighted by atomic mass is 79.9. The molecule has 1 aliphatic rings. The Morgan fingerprint density at radius 1 is 1.20 bits per heavy atom. The molecular weight excluding hydrogens is 252 g/mol. The third-order valence-electron chi connectivity index (χ3n) is 3.50. The first-order valence-electron chi connectivity index (χ1n) is 5.88. The minimum atomic E-state index is 0.447. The number of rotatable bonds is 3. The molecule has 0 spiro atoms. The van der Waals surface area contributed by atoms with Crippen molar-refractivity contribution in [3.8, 4) is 0 Å². The molecule has 0 saturated heterocycles. The predicted molar refractivity (Wildman–Crippen MR) is 66.2 cm³/mol. The van der Waals surface area contributed by atoms with Crippen molar-refractivity contribution in [2.75, 3.05) is 5.33 Å². The second kappa shape index (κ2) is 5.15. The standard InChI is InChI=1S/C12H19BrN2/c13-10-12(6-3-1-2-4-7-12)11-15-9-5-8-14-15/h5,8-9H,1-4,6-7,10-11H2. The Labute approximate surface area is 100 Å². The molecule has 0 aromatic carbocycles. The maximum Gasteiger partial charge on any atom is 0.0489 e. The highest BCUT2D eigenvalue weighted by molar-refractivity contribution is 9.09. The molecule has 1 aliphatic carbocycles. The van der Waals surface area contributed by atoms with Crippen molar-refractivity contribution in [3.05, 3.63) is 18.5 Å². The second-order valence-electron chi connectivity index (χ2n) is 4.75. The molecule has 2 rings (SSSR count). The van der Waals surface area contributed by atoms with Gasteiger partial charge in [0.25, 0.3) is 0 Å². The van der Waals surface area contributed by atoms with E-state index < -0.39 is 0 Å². The fraction of sp³-hybridized carbons (Fsp3) is 0.750. The van der Waals surface area contributed by atoms with Gasteiger partial charge in [-0.2, -0.15) is 5.10 Å². The van der Waals surface area contributed by atoms with E-state index in [4.69, 9.17) is 0 Å². The van der Waals surface area contributed by atoms with Crippen LogP contribution in [0.3, 0.4) is 0 Å². The molecule has 2 nitrogen and oxygen atoms in total. The fourth-order valence-corrected chi connectivity index (χ4v) is 3.29. The van der Waals surface area contributed by atoms with Crippen molar-refractivity contribution in [2.45, 2.75) is 45.1 Å². The topological polar surface area (TPSA) is 17.8 Å². The van der Waals surface area contributed by atoms with E-state index in [1.165, 1.54) is 38.5 Å². The molecule has 0 amide bonds. The molecule has 84 valence electrons. The van der Waals surface area contributed by atoms with Crippen LogP contribution in [0.15, 0.2) is 18.5 Å². The molecule has 0 N–H and O–H groups in total. The van der Waals surface area contributed by atoms with E-state index in [0.717, 1.165) is 11.9 Å². The van der Waals surface area contributed by atoms with Crippen LogP contribution in [0, 0.1) is 5.41 Å². The average Bonchev–Trinajstić information content (AvgIpc) is 2.64. The first-order valence-corrected chi connectivity index (χ1v) is 7.00. The molecular formula is C12H19BrN2. The van der Waals surface area contributed by atoms with Crippen molar-refractivity contribution in [3.63, 3.8) is 0 Å². The Morgan fingerprint density at radius 2 is 1.93 bits per heavy atom. The molecule has 0 radical (unpaired) electrons. The molecule has 1 aromatic rings. The molecule has 15 heavy (non-hydrogen) atoms. The third kappa shape index (κ3) is 2.83. The zero-order valence-electron chi connectivity index (χ0n) is 9.16. The minimum absolute atomic E-state index is 0.447. The predicted octanol–water partition coefficient (Wildman–Crippen LogP) is 3.62. The van der Waals surface area contributed by atoms with Crippen LogP contribution in [0.1, 0.15) is 38.5 Å². The molecule has 1 heterocycles. The van der Waals surface area contributed by atoms with E-state index in [-0.39, 0.29) is 0 Å². The number of hydrogen-bond acceptors (Lipinski definition) is 1. The van der Waals surface area contributed by atoms with Crippen LogP contribution in [0.2, 0.25) is 0 Å². The Balaban J connectivity index is 2.05. The van der Waals surface area contributed by atoms with E-state index in [1.807, 2.05) is 12.3 Å². The van der Waals surface area contributed by atoms with E-state index in [1.54, 1.807) is 0 Å². The van der Waals surface area contributed by atoms with Crippen LogP contribution in [0.4, 0.5) is 0 Å². The van der Waals surface area contributed by atoms with Crippen LogP contribution in [0.5, 0.6) is 0 Å². The van der Waals surface area contributed by atoms with Gasteiger partial charge in [-0.05, 0) is 24.3 Å². The number of halogens is 1. The quantitative estimate of drug-likeness (QED) is 0.606. The van der Waals surface area contributed by atoms with Gasteiger partial charge in [0.05, 0.1) is 0 Å². The van der Waals surface area contributed by atoms with Crippen LogP contribution >= 0.6 is 15.9 Å². The Hall–Kier alpha value is -0.310. The lowest BCUT2D eigenvalue weighted by molar-refractivity contribution is 0.232. The van der Waals surface area contributed by atoms with Gasteiger partial charge in [0.2, 0.25) is 0 Å². The molecule has 1 aromatic heterocycles. The van der Waals surface area contributed by atoms with Crippen LogP contribution < -0.4 is 0 Å². The van der Waals surface area contributed by atoms with Crippen molar-refractivity contribution in [2.24, 2.45) is 5.41 Å². The number of nitrogens with zero attached hydrogens (tertiary/aromatic N) is 2. The maximum atomic E-state index is 4.33. The van der Waals surface area contributed by atoms with Gasteiger partial charge in [-0.3, -0.25) is 4.68 Å². The normalized spacial score (nSPS) is 21.1. The zero-order valence-corrected chi connectivity index (χ0v) is 10.7. The lowest BCUT2D eigenvalue weighted by Crippen LogP contribution is -2.28. The zero-order chi connectivity index (χ0) is 10.6. The number of aromatic nitrogens is 2. The van der Waals surface area contributed by atoms with E-state index >= 15 is 0 Å². The van der Waals surface area contributed by atoms with Gasteiger partial charge in [0.15, 0.2) is 0 Å². The summed E-state index contributed by atoms with van der Waals surface area (Å²) in [5, 5.41) is 5.44. The van der Waals surface area contributed by atoms with Crippen LogP contribution in [0.25, 0.3) is 0 Å². The Morgan fingerprint density at radius 3 is 2.47 bits per heavy atom. The second-order valence-corrected chi connectivity index (χ2v) is 5.31. The molecule has 0 atom stereocenters. The third-order valence-corrected chi connectivity index (χ3v) is 4.69. The summed E-state index contributed by atoms with van der Waals surface area (Å²) in [6.07, 6.45) is 12.2. The van der Waals surface area contributed by atoms with E-state index in [2.05, 4.69) is 31.9 Å². The van der Waals surface area contributed by atoms with Gasteiger partial charge in [0.1, 0.15) is 0 Å². The summed E-state index contributed by atoms with van der Waals surface area (Å²) in [5.74, 6) is 0. The number of alkyl halides is 1. The van der Waals surface area contributed by atoms with Gasteiger partial charge >= 0.3 is 0 Å². The first kappa shape index (κ1) is 11.2. The molecule has 1 fully saturated rings. The van der Waals surface area contributed by atoms with Gasteiger partial charge < -0.3 is 0 Å². The van der Waals surface area contributed by atoms with Crippen molar-refractivity contribution in [1.82, 2.24) is 9.78 Å². The summed E-state index contributed by atoms with van der Waals surface area (Å²) in [6, 6.07) is 2.01. The lowest BCUT2D eigenvalue weighted by Gasteiger charge is -2.30. The minimum Gasteiger partial charge on any atom is -0.272 e. The van der Waals surface area contributed by atoms with Gasteiger partial charge in [-0.1, -0.05) is 41.6 Å². The summed E-state index contributed by atoms with van der Waals surface area (Å²) in [6.45, 7) is 1.07. The van der Waals surface area contributed by atoms with Crippen molar-refractivity contribution < 1.29 is 0 Å². The van der Waals surface area contributed by atoms with Crippen LogP contribution in [-0.2, 0) is 6.54 Å². The average molecular weight is 271 g/mol. The highest BCUT2D eigenvalue weighted by Crippen LogP contribution is 2.37. The molecule has 1 saturated carbocycles.